The fourth-order valence-electron chi connectivity index (χ4n) is 6.44. The molecule has 0 bridgehead atoms. The van der Waals surface area contributed by atoms with Gasteiger partial charge in [-0.3, -0.25) is 9.59 Å². The molecular formula is C35H30F2N4O2. The van der Waals surface area contributed by atoms with Crippen LogP contribution in [0.2, 0.25) is 0 Å². The minimum atomic E-state index is -0.446. The van der Waals surface area contributed by atoms with E-state index in [0.29, 0.717) is 43.7 Å². The highest BCUT2D eigenvalue weighted by Crippen LogP contribution is 2.33. The van der Waals surface area contributed by atoms with Gasteiger partial charge in [-0.2, -0.15) is 0 Å². The summed E-state index contributed by atoms with van der Waals surface area (Å²) < 4.78 is 29.8. The molecule has 216 valence electrons. The number of piperidine rings is 1. The molecule has 2 amide bonds. The molecule has 1 fully saturated rings. The lowest BCUT2D eigenvalue weighted by Crippen LogP contribution is -2.38. The first-order chi connectivity index (χ1) is 20.9. The van der Waals surface area contributed by atoms with Crippen molar-refractivity contribution in [1.82, 2.24) is 14.5 Å². The van der Waals surface area contributed by atoms with Crippen molar-refractivity contribution in [3.8, 4) is 0 Å². The summed E-state index contributed by atoms with van der Waals surface area (Å²) in [7, 11) is 0. The van der Waals surface area contributed by atoms with E-state index in [-0.39, 0.29) is 23.5 Å². The van der Waals surface area contributed by atoms with Gasteiger partial charge in [0, 0.05) is 48.9 Å². The molecule has 8 heteroatoms. The Morgan fingerprint density at radius 1 is 0.767 bits per heavy atom. The molecule has 1 saturated heterocycles. The first-order valence-electron chi connectivity index (χ1n) is 14.6. The van der Waals surface area contributed by atoms with E-state index in [4.69, 9.17) is 4.98 Å². The zero-order valence-electron chi connectivity index (χ0n) is 23.5. The van der Waals surface area contributed by atoms with Crippen molar-refractivity contribution < 1.29 is 18.4 Å². The van der Waals surface area contributed by atoms with Crippen LogP contribution in [0, 0.1) is 11.6 Å². The molecule has 0 atom stereocenters. The van der Waals surface area contributed by atoms with E-state index in [1.165, 1.54) is 24.3 Å². The molecule has 7 rings (SSSR count). The second kappa shape index (κ2) is 11.1. The van der Waals surface area contributed by atoms with Gasteiger partial charge >= 0.3 is 0 Å². The van der Waals surface area contributed by atoms with E-state index < -0.39 is 5.82 Å². The zero-order chi connectivity index (χ0) is 29.5. The molecule has 0 saturated carbocycles. The largest absolute Gasteiger partial charge is 0.339 e. The summed E-state index contributed by atoms with van der Waals surface area (Å²) in [5.41, 5.74) is 5.43. The van der Waals surface area contributed by atoms with Gasteiger partial charge < -0.3 is 14.4 Å². The Morgan fingerprint density at radius 3 is 2.30 bits per heavy atom. The molecule has 6 nitrogen and oxygen atoms in total. The van der Waals surface area contributed by atoms with Gasteiger partial charge in [-0.1, -0.05) is 30.3 Å². The number of carbonyl (C=O) groups is 2. The maximum Gasteiger partial charge on any atom is 0.258 e. The third-order valence-corrected chi connectivity index (χ3v) is 8.60. The molecule has 0 N–H and O–H groups in total. The second-order valence-corrected chi connectivity index (χ2v) is 11.3. The Balaban J connectivity index is 1.06. The predicted molar refractivity (Wildman–Crippen MR) is 161 cm³/mol. The number of fused-ring (bicyclic) bond motifs is 2. The minimum absolute atomic E-state index is 0.0237. The fourth-order valence-corrected chi connectivity index (χ4v) is 6.44. The van der Waals surface area contributed by atoms with Gasteiger partial charge in [0.15, 0.2) is 0 Å². The second-order valence-electron chi connectivity index (χ2n) is 11.3. The van der Waals surface area contributed by atoms with Crippen molar-refractivity contribution in [2.45, 2.75) is 31.7 Å². The van der Waals surface area contributed by atoms with E-state index in [1.54, 1.807) is 29.2 Å². The lowest BCUT2D eigenvalue weighted by Gasteiger charge is -2.32. The zero-order valence-corrected chi connectivity index (χ0v) is 23.5. The summed E-state index contributed by atoms with van der Waals surface area (Å²) in [4.78, 5) is 35.1. The van der Waals surface area contributed by atoms with Crippen LogP contribution in [0.4, 0.5) is 14.5 Å². The summed E-state index contributed by atoms with van der Waals surface area (Å²) in [6.07, 6.45) is 2.19. The van der Waals surface area contributed by atoms with Gasteiger partial charge in [-0.25, -0.2) is 13.8 Å². The van der Waals surface area contributed by atoms with E-state index >= 15 is 0 Å². The highest BCUT2D eigenvalue weighted by atomic mass is 19.1. The molecule has 2 aliphatic heterocycles. The molecule has 0 aliphatic carbocycles. The number of hydrogen-bond acceptors (Lipinski definition) is 3. The fraction of sp³-hybridized carbons (Fsp3) is 0.229. The monoisotopic (exact) mass is 576 g/mol. The minimum Gasteiger partial charge on any atom is -0.339 e. The summed E-state index contributed by atoms with van der Waals surface area (Å²) in [5.74, 6) is 0.171. The average Bonchev–Trinajstić information content (AvgIpc) is 3.62. The molecule has 0 spiro atoms. The van der Waals surface area contributed by atoms with E-state index in [9.17, 15) is 18.4 Å². The number of halogens is 2. The molecule has 0 unspecified atom stereocenters. The molecular weight excluding hydrogens is 546 g/mol. The Kier molecular flexibility index (Phi) is 6.97. The molecule has 1 aromatic heterocycles. The SMILES string of the molecule is O=C(c1ccc2c(c1)CCN2C(=O)c1cccc(F)c1)N1CCC(c2nc3ccccc3n2Cc2cccc(F)c2)CC1. The number of likely N-dealkylation sites (tertiary alicyclic amines) is 1. The molecule has 5 aromatic rings. The van der Waals surface area contributed by atoms with Crippen LogP contribution < -0.4 is 4.90 Å². The van der Waals surface area contributed by atoms with Gasteiger partial charge in [0.25, 0.3) is 11.8 Å². The average molecular weight is 577 g/mol. The Hall–Kier alpha value is -4.85. The Labute approximate surface area is 248 Å². The number of carbonyl (C=O) groups excluding carboxylic acids is 2. The first-order valence-corrected chi connectivity index (χ1v) is 14.6. The number of nitrogens with zero attached hydrogens (tertiary/aromatic N) is 4. The van der Waals surface area contributed by atoms with E-state index in [1.807, 2.05) is 47.4 Å². The van der Waals surface area contributed by atoms with Gasteiger partial charge in [-0.05, 0) is 91.1 Å². The van der Waals surface area contributed by atoms with Gasteiger partial charge in [0.05, 0.1) is 11.0 Å². The van der Waals surface area contributed by atoms with Crippen LogP contribution >= 0.6 is 0 Å². The summed E-state index contributed by atoms with van der Waals surface area (Å²) in [6, 6.07) is 25.9. The van der Waals surface area contributed by atoms with Crippen molar-refractivity contribution in [2.75, 3.05) is 24.5 Å². The number of rotatable bonds is 5. The maximum absolute atomic E-state index is 13.9. The van der Waals surface area contributed by atoms with Crippen LogP contribution in [0.1, 0.15) is 56.4 Å². The third-order valence-electron chi connectivity index (χ3n) is 8.60. The Bertz CT molecular complexity index is 1860. The summed E-state index contributed by atoms with van der Waals surface area (Å²) in [6.45, 7) is 2.23. The molecule has 4 aromatic carbocycles. The number of hydrogen-bond donors (Lipinski definition) is 0. The molecule has 0 radical (unpaired) electrons. The highest BCUT2D eigenvalue weighted by Gasteiger charge is 2.30. The normalized spacial score (nSPS) is 15.2. The van der Waals surface area contributed by atoms with Gasteiger partial charge in [-0.15, -0.1) is 0 Å². The van der Waals surface area contributed by atoms with Gasteiger partial charge in [0.1, 0.15) is 17.5 Å². The predicted octanol–water partition coefficient (Wildman–Crippen LogP) is 6.59. The first kappa shape index (κ1) is 27.0. The summed E-state index contributed by atoms with van der Waals surface area (Å²) in [5, 5.41) is 0. The molecule has 43 heavy (non-hydrogen) atoms. The van der Waals surface area contributed by atoms with Crippen LogP contribution in [-0.4, -0.2) is 45.9 Å². The third kappa shape index (κ3) is 5.18. The Morgan fingerprint density at radius 2 is 1.51 bits per heavy atom. The maximum atomic E-state index is 13.9. The van der Waals surface area contributed by atoms with Crippen LogP contribution in [0.25, 0.3) is 11.0 Å². The number of aromatic nitrogens is 2. The quantitative estimate of drug-likeness (QED) is 0.237. The van der Waals surface area contributed by atoms with Crippen molar-refractivity contribution in [3.05, 3.63) is 131 Å². The number of amides is 2. The number of imidazole rings is 1. The van der Waals surface area contributed by atoms with Crippen molar-refractivity contribution >= 4 is 28.5 Å². The van der Waals surface area contributed by atoms with Crippen molar-refractivity contribution in [1.29, 1.82) is 0 Å². The smallest absolute Gasteiger partial charge is 0.258 e. The van der Waals surface area contributed by atoms with Crippen LogP contribution in [-0.2, 0) is 13.0 Å². The van der Waals surface area contributed by atoms with E-state index in [2.05, 4.69) is 4.57 Å². The van der Waals surface area contributed by atoms with Crippen LogP contribution in [0.3, 0.4) is 0 Å². The number of benzene rings is 4. The standard InChI is InChI=1S/C35H30F2N4O2/c36-28-7-3-5-23(19-28)22-41-32-10-2-1-9-30(32)38-33(41)24-13-16-39(17-14-24)34(42)27-11-12-31-25(20-27)15-18-40(31)35(43)26-6-4-8-29(37)21-26/h1-12,19-21,24H,13-18,22H2. The summed E-state index contributed by atoms with van der Waals surface area (Å²) >= 11 is 0. The number of anilines is 1. The highest BCUT2D eigenvalue weighted by molar-refractivity contribution is 6.07. The van der Waals surface area contributed by atoms with Crippen LogP contribution in [0.5, 0.6) is 0 Å². The number of para-hydroxylation sites is 2. The topological polar surface area (TPSA) is 58.4 Å². The lowest BCUT2D eigenvalue weighted by atomic mass is 9.95. The lowest BCUT2D eigenvalue weighted by molar-refractivity contribution is 0.0710. The molecule has 3 heterocycles. The van der Waals surface area contributed by atoms with Crippen LogP contribution in [0.15, 0.2) is 91.0 Å². The van der Waals surface area contributed by atoms with Crippen molar-refractivity contribution in [3.63, 3.8) is 0 Å². The molecule has 2 aliphatic rings. The van der Waals surface area contributed by atoms with Gasteiger partial charge in [0.2, 0.25) is 0 Å². The van der Waals surface area contributed by atoms with E-state index in [0.717, 1.165) is 46.5 Å². The van der Waals surface area contributed by atoms with Crippen molar-refractivity contribution in [2.24, 2.45) is 0 Å².